The minimum Gasteiger partial charge on any atom is -0.370 e. The van der Waals surface area contributed by atoms with E-state index < -0.39 is 0 Å². The molecule has 2 saturated heterocycles. The number of aromatic nitrogens is 4. The van der Waals surface area contributed by atoms with Gasteiger partial charge in [0.2, 0.25) is 5.95 Å². The Kier molecular flexibility index (Phi) is 5.18. The summed E-state index contributed by atoms with van der Waals surface area (Å²) in [5.74, 6) is 6.07. The number of nitrogens with zero attached hydrogens (tertiary/aromatic N) is 4. The first kappa shape index (κ1) is 17.9. The van der Waals surface area contributed by atoms with Crippen LogP contribution in [0.5, 0.6) is 0 Å². The first-order valence-corrected chi connectivity index (χ1v) is 11.9. The molecular formula is C19H23N7S2. The lowest BCUT2D eigenvalue weighted by Crippen LogP contribution is -2.32. The van der Waals surface area contributed by atoms with E-state index in [4.69, 9.17) is 4.98 Å². The van der Waals surface area contributed by atoms with Gasteiger partial charge in [0.25, 0.3) is 0 Å². The van der Waals surface area contributed by atoms with Gasteiger partial charge in [-0.15, -0.1) is 0 Å². The van der Waals surface area contributed by atoms with Crippen molar-refractivity contribution in [3.05, 3.63) is 30.6 Å². The van der Waals surface area contributed by atoms with Crippen LogP contribution in [0.4, 0.5) is 23.1 Å². The average Bonchev–Trinajstić information content (AvgIpc) is 3.41. The SMILES string of the molecule is c1nc2c(N[C@H]3CCSC3)nc(Nc3ccc(N4CCSCC4)cc3)nc2[nH]1. The lowest BCUT2D eigenvalue weighted by molar-refractivity contribution is 0.808. The molecule has 2 aliphatic rings. The summed E-state index contributed by atoms with van der Waals surface area (Å²) >= 11 is 4.00. The standard InChI is InChI=1S/C19H23N7S2/c1-3-15(26-6-9-27-10-7-26)4-2-13(1)23-19-24-17-16(20-12-21-17)18(25-19)22-14-5-8-28-11-14/h1-4,12,14H,5-11H2,(H3,20,21,22,23,24,25)/t14-/m0/s1. The molecule has 0 saturated carbocycles. The van der Waals surface area contributed by atoms with Gasteiger partial charge >= 0.3 is 0 Å². The number of H-pyrrole nitrogens is 1. The third-order valence-electron chi connectivity index (χ3n) is 5.05. The molecule has 1 atom stereocenters. The number of hydrogen-bond acceptors (Lipinski definition) is 8. The van der Waals surface area contributed by atoms with Crippen molar-refractivity contribution < 1.29 is 0 Å². The van der Waals surface area contributed by atoms with Crippen LogP contribution < -0.4 is 15.5 Å². The first-order chi connectivity index (χ1) is 13.8. The molecule has 7 nitrogen and oxygen atoms in total. The zero-order valence-corrected chi connectivity index (χ0v) is 17.2. The van der Waals surface area contributed by atoms with Gasteiger partial charge in [0.1, 0.15) is 5.52 Å². The third kappa shape index (κ3) is 3.86. The molecule has 0 spiro atoms. The molecular weight excluding hydrogens is 390 g/mol. The molecule has 3 aromatic rings. The number of anilines is 4. The van der Waals surface area contributed by atoms with Gasteiger partial charge in [-0.3, -0.25) is 0 Å². The fourth-order valence-electron chi connectivity index (χ4n) is 3.54. The number of nitrogens with one attached hydrogen (secondary N) is 3. The van der Waals surface area contributed by atoms with Crippen LogP contribution in [-0.2, 0) is 0 Å². The minimum atomic E-state index is 0.439. The first-order valence-electron chi connectivity index (χ1n) is 9.60. The van der Waals surface area contributed by atoms with Crippen LogP contribution in [0.1, 0.15) is 6.42 Å². The molecule has 0 amide bonds. The summed E-state index contributed by atoms with van der Waals surface area (Å²) in [6, 6.07) is 8.97. The van der Waals surface area contributed by atoms with Crippen molar-refractivity contribution in [2.45, 2.75) is 12.5 Å². The van der Waals surface area contributed by atoms with Crippen molar-refractivity contribution >= 4 is 57.8 Å². The Hall–Kier alpha value is -2.13. The zero-order valence-electron chi connectivity index (χ0n) is 15.5. The maximum absolute atomic E-state index is 4.71. The molecule has 146 valence electrons. The Bertz CT molecular complexity index is 931. The average molecular weight is 414 g/mol. The largest absolute Gasteiger partial charge is 0.370 e. The van der Waals surface area contributed by atoms with Crippen LogP contribution in [-0.4, -0.2) is 62.1 Å². The van der Waals surface area contributed by atoms with Crippen molar-refractivity contribution in [2.24, 2.45) is 0 Å². The summed E-state index contributed by atoms with van der Waals surface area (Å²) in [5.41, 5.74) is 3.79. The van der Waals surface area contributed by atoms with Crippen LogP contribution >= 0.6 is 23.5 Å². The molecule has 4 heterocycles. The lowest BCUT2D eigenvalue weighted by atomic mass is 10.2. The molecule has 2 aromatic heterocycles. The molecule has 0 unspecified atom stereocenters. The Morgan fingerprint density at radius 2 is 1.89 bits per heavy atom. The number of rotatable bonds is 5. The Labute approximate surface area is 172 Å². The predicted octanol–water partition coefficient (Wildman–Crippen LogP) is 3.57. The Balaban J connectivity index is 1.35. The van der Waals surface area contributed by atoms with Crippen molar-refractivity contribution in [2.75, 3.05) is 51.6 Å². The van der Waals surface area contributed by atoms with Crippen molar-refractivity contribution in [1.29, 1.82) is 0 Å². The highest BCUT2D eigenvalue weighted by Crippen LogP contribution is 2.27. The van der Waals surface area contributed by atoms with Gasteiger partial charge in [-0.25, -0.2) is 4.98 Å². The van der Waals surface area contributed by atoms with Gasteiger partial charge in [-0.05, 0) is 36.4 Å². The highest BCUT2D eigenvalue weighted by atomic mass is 32.2. The summed E-state index contributed by atoms with van der Waals surface area (Å²) < 4.78 is 0. The highest BCUT2D eigenvalue weighted by molar-refractivity contribution is 7.99. The summed E-state index contributed by atoms with van der Waals surface area (Å²) in [5, 5.41) is 6.89. The molecule has 2 aliphatic heterocycles. The number of imidazole rings is 1. The minimum absolute atomic E-state index is 0.439. The second kappa shape index (κ2) is 8.08. The van der Waals surface area contributed by atoms with E-state index in [1.165, 1.54) is 22.9 Å². The zero-order chi connectivity index (χ0) is 18.8. The topological polar surface area (TPSA) is 81.8 Å². The molecule has 5 rings (SSSR count). The van der Waals surface area contributed by atoms with Gasteiger partial charge in [0.15, 0.2) is 11.5 Å². The van der Waals surface area contributed by atoms with Crippen LogP contribution in [0.3, 0.4) is 0 Å². The smallest absolute Gasteiger partial charge is 0.231 e. The van der Waals surface area contributed by atoms with Crippen molar-refractivity contribution in [1.82, 2.24) is 19.9 Å². The Morgan fingerprint density at radius 3 is 2.68 bits per heavy atom. The molecule has 2 fully saturated rings. The third-order valence-corrected chi connectivity index (χ3v) is 7.15. The van der Waals surface area contributed by atoms with Crippen LogP contribution in [0.25, 0.3) is 11.2 Å². The molecule has 0 radical (unpaired) electrons. The summed E-state index contributed by atoms with van der Waals surface area (Å²) in [7, 11) is 0. The van der Waals surface area contributed by atoms with Gasteiger partial charge < -0.3 is 20.5 Å². The number of hydrogen-bond donors (Lipinski definition) is 3. The maximum Gasteiger partial charge on any atom is 0.231 e. The number of thioether (sulfide) groups is 2. The van der Waals surface area contributed by atoms with E-state index in [1.54, 1.807) is 6.33 Å². The normalized spacial score (nSPS) is 19.9. The van der Waals surface area contributed by atoms with E-state index >= 15 is 0 Å². The second-order valence-corrected chi connectivity index (χ2v) is 9.35. The molecule has 3 N–H and O–H groups in total. The molecule has 0 bridgehead atoms. The number of fused-ring (bicyclic) bond motifs is 1. The lowest BCUT2D eigenvalue weighted by Gasteiger charge is -2.28. The fourth-order valence-corrected chi connectivity index (χ4v) is 5.60. The van der Waals surface area contributed by atoms with Crippen LogP contribution in [0.15, 0.2) is 30.6 Å². The Morgan fingerprint density at radius 1 is 1.04 bits per heavy atom. The van der Waals surface area contributed by atoms with E-state index in [2.05, 4.69) is 54.8 Å². The second-order valence-electron chi connectivity index (χ2n) is 6.97. The van der Waals surface area contributed by atoms with E-state index in [-0.39, 0.29) is 0 Å². The van der Waals surface area contributed by atoms with Gasteiger partial charge in [-0.2, -0.15) is 33.5 Å². The van der Waals surface area contributed by atoms with Gasteiger partial charge in [0.05, 0.1) is 6.33 Å². The van der Waals surface area contributed by atoms with Gasteiger partial charge in [0, 0.05) is 47.8 Å². The van der Waals surface area contributed by atoms with Crippen molar-refractivity contribution in [3.63, 3.8) is 0 Å². The van der Waals surface area contributed by atoms with E-state index in [0.717, 1.165) is 47.9 Å². The molecule has 28 heavy (non-hydrogen) atoms. The number of aromatic amines is 1. The van der Waals surface area contributed by atoms with E-state index in [1.807, 2.05) is 23.5 Å². The maximum atomic E-state index is 4.71. The monoisotopic (exact) mass is 413 g/mol. The van der Waals surface area contributed by atoms with E-state index in [9.17, 15) is 0 Å². The van der Waals surface area contributed by atoms with Crippen LogP contribution in [0.2, 0.25) is 0 Å². The summed E-state index contributed by atoms with van der Waals surface area (Å²) in [6.45, 7) is 2.23. The quantitative estimate of drug-likeness (QED) is 0.586. The van der Waals surface area contributed by atoms with E-state index in [0.29, 0.717) is 12.0 Å². The summed E-state index contributed by atoms with van der Waals surface area (Å²) in [4.78, 5) is 19.2. The predicted molar refractivity (Wildman–Crippen MR) is 120 cm³/mol. The van der Waals surface area contributed by atoms with Crippen molar-refractivity contribution in [3.8, 4) is 0 Å². The molecule has 0 aliphatic carbocycles. The molecule has 9 heteroatoms. The van der Waals surface area contributed by atoms with Crippen LogP contribution in [0, 0.1) is 0 Å². The molecule has 1 aromatic carbocycles. The number of benzene rings is 1. The highest BCUT2D eigenvalue weighted by Gasteiger charge is 2.19. The fraction of sp³-hybridized carbons (Fsp3) is 0.421. The summed E-state index contributed by atoms with van der Waals surface area (Å²) in [6.07, 6.45) is 2.82. The van der Waals surface area contributed by atoms with Gasteiger partial charge in [-0.1, -0.05) is 0 Å².